The number of anilines is 1. The van der Waals surface area contributed by atoms with E-state index in [-0.39, 0.29) is 24.1 Å². The molecule has 0 saturated heterocycles. The van der Waals surface area contributed by atoms with Crippen LogP contribution in [0.4, 0.5) is 5.69 Å². The summed E-state index contributed by atoms with van der Waals surface area (Å²) in [6, 6.07) is 3.28. The van der Waals surface area contributed by atoms with Gasteiger partial charge in [-0.25, -0.2) is 4.79 Å². The Balaban J connectivity index is 2.80. The largest absolute Gasteiger partial charge is 0.481 e. The van der Waals surface area contributed by atoms with E-state index in [1.807, 2.05) is 0 Å². The van der Waals surface area contributed by atoms with Gasteiger partial charge < -0.3 is 21.3 Å². The van der Waals surface area contributed by atoms with Crippen LogP contribution in [0.2, 0.25) is 0 Å². The third-order valence-electron chi connectivity index (χ3n) is 2.51. The van der Waals surface area contributed by atoms with Crippen LogP contribution in [0.25, 0.3) is 0 Å². The number of rotatable bonds is 6. The van der Waals surface area contributed by atoms with Gasteiger partial charge >= 0.3 is 11.9 Å². The number of aliphatic carboxylic acids is 2. The number of halogens is 1. The molecule has 0 heterocycles. The van der Waals surface area contributed by atoms with Crippen LogP contribution < -0.4 is 11.1 Å². The summed E-state index contributed by atoms with van der Waals surface area (Å²) in [5.74, 6) is -3.09. The van der Waals surface area contributed by atoms with E-state index in [1.54, 1.807) is 6.07 Å². The smallest absolute Gasteiger partial charge is 0.326 e. The summed E-state index contributed by atoms with van der Waals surface area (Å²) in [4.78, 5) is 33.3. The van der Waals surface area contributed by atoms with Gasteiger partial charge in [0.25, 0.3) is 5.91 Å². The number of benzene rings is 1. The van der Waals surface area contributed by atoms with E-state index in [4.69, 9.17) is 15.9 Å². The molecule has 1 aromatic rings. The topological polar surface area (TPSA) is 130 Å². The van der Waals surface area contributed by atoms with Crippen LogP contribution in [-0.2, 0) is 9.59 Å². The standard InChI is InChI=1S/C12H13BrN2O5/c13-6-1-2-7(8(14)5-6)11(18)15-9(12(19)20)3-4-10(16)17/h1-2,5,9H,3-4,14H2,(H,15,18)(H,16,17)(H,19,20)/t9-/m0/s1. The van der Waals surface area contributed by atoms with Gasteiger partial charge in [0.2, 0.25) is 0 Å². The first-order chi connectivity index (χ1) is 9.31. The molecule has 0 unspecified atom stereocenters. The average molecular weight is 345 g/mol. The molecule has 1 rings (SSSR count). The van der Waals surface area contributed by atoms with E-state index in [9.17, 15) is 14.4 Å². The third-order valence-corrected chi connectivity index (χ3v) is 3.00. The minimum Gasteiger partial charge on any atom is -0.481 e. The Bertz CT molecular complexity index is 547. The van der Waals surface area contributed by atoms with Crippen LogP contribution >= 0.6 is 15.9 Å². The highest BCUT2D eigenvalue weighted by Crippen LogP contribution is 2.18. The van der Waals surface area contributed by atoms with E-state index < -0.39 is 23.9 Å². The maximum atomic E-state index is 11.9. The Hall–Kier alpha value is -2.09. The Morgan fingerprint density at radius 3 is 2.45 bits per heavy atom. The zero-order valence-corrected chi connectivity index (χ0v) is 11.9. The summed E-state index contributed by atoms with van der Waals surface area (Å²) < 4.78 is 0.687. The molecule has 8 heteroatoms. The monoisotopic (exact) mass is 344 g/mol. The molecule has 0 bridgehead atoms. The minimum absolute atomic E-state index is 0.134. The molecule has 1 amide bonds. The Kier molecular flexibility index (Phi) is 5.51. The van der Waals surface area contributed by atoms with Crippen LogP contribution in [-0.4, -0.2) is 34.1 Å². The number of carbonyl (C=O) groups is 3. The quantitative estimate of drug-likeness (QED) is 0.571. The fourth-order valence-electron chi connectivity index (χ4n) is 1.50. The maximum absolute atomic E-state index is 11.9. The summed E-state index contributed by atoms with van der Waals surface area (Å²) >= 11 is 3.19. The van der Waals surface area contributed by atoms with E-state index in [0.29, 0.717) is 4.47 Å². The first-order valence-electron chi connectivity index (χ1n) is 5.61. The summed E-state index contributed by atoms with van der Waals surface area (Å²) in [5.41, 5.74) is 5.99. The maximum Gasteiger partial charge on any atom is 0.326 e. The molecule has 0 aliphatic carbocycles. The van der Waals surface area contributed by atoms with Crippen LogP contribution in [0.5, 0.6) is 0 Å². The second kappa shape index (κ2) is 6.90. The first kappa shape index (κ1) is 16.0. The fraction of sp³-hybridized carbons (Fsp3) is 0.250. The summed E-state index contributed by atoms with van der Waals surface area (Å²) in [6.07, 6.45) is -0.556. The summed E-state index contributed by atoms with van der Waals surface area (Å²) in [6.45, 7) is 0. The second-order valence-electron chi connectivity index (χ2n) is 4.03. The van der Waals surface area contributed by atoms with Gasteiger partial charge in [-0.1, -0.05) is 15.9 Å². The van der Waals surface area contributed by atoms with Crippen molar-refractivity contribution in [3.05, 3.63) is 28.2 Å². The van der Waals surface area contributed by atoms with Crippen molar-refractivity contribution in [2.45, 2.75) is 18.9 Å². The lowest BCUT2D eigenvalue weighted by Gasteiger charge is -2.14. The van der Waals surface area contributed by atoms with Crippen LogP contribution in [0, 0.1) is 0 Å². The van der Waals surface area contributed by atoms with Crippen molar-refractivity contribution in [3.63, 3.8) is 0 Å². The molecule has 0 aromatic heterocycles. The molecule has 1 atom stereocenters. The SMILES string of the molecule is Nc1cc(Br)ccc1C(=O)N[C@@H](CCC(=O)O)C(=O)O. The van der Waals surface area contributed by atoms with E-state index in [0.717, 1.165) is 0 Å². The lowest BCUT2D eigenvalue weighted by molar-refractivity contribution is -0.140. The number of carboxylic acids is 2. The Labute approximate surface area is 122 Å². The van der Waals surface area contributed by atoms with Crippen molar-refractivity contribution in [2.24, 2.45) is 0 Å². The van der Waals surface area contributed by atoms with E-state index >= 15 is 0 Å². The van der Waals surface area contributed by atoms with Gasteiger partial charge in [0.15, 0.2) is 0 Å². The molecule has 108 valence electrons. The van der Waals surface area contributed by atoms with Crippen molar-refractivity contribution in [1.82, 2.24) is 5.32 Å². The number of carbonyl (C=O) groups excluding carboxylic acids is 1. The third kappa shape index (κ3) is 4.54. The predicted molar refractivity (Wildman–Crippen MR) is 74.3 cm³/mol. The Morgan fingerprint density at radius 1 is 1.30 bits per heavy atom. The minimum atomic E-state index is -1.30. The fourth-order valence-corrected chi connectivity index (χ4v) is 1.88. The van der Waals surface area contributed by atoms with Gasteiger partial charge in [-0.15, -0.1) is 0 Å². The highest BCUT2D eigenvalue weighted by atomic mass is 79.9. The van der Waals surface area contributed by atoms with Gasteiger partial charge in [0, 0.05) is 16.6 Å². The number of nitrogens with two attached hydrogens (primary N) is 1. The molecule has 0 fully saturated rings. The molecule has 5 N–H and O–H groups in total. The lowest BCUT2D eigenvalue weighted by atomic mass is 10.1. The van der Waals surface area contributed by atoms with Crippen molar-refractivity contribution < 1.29 is 24.6 Å². The van der Waals surface area contributed by atoms with Gasteiger partial charge in [0.05, 0.1) is 5.56 Å². The van der Waals surface area contributed by atoms with Crippen molar-refractivity contribution in [2.75, 3.05) is 5.73 Å². The number of amides is 1. The van der Waals surface area contributed by atoms with Crippen molar-refractivity contribution >= 4 is 39.5 Å². The molecule has 1 aromatic carbocycles. The molecule has 0 aliphatic heterocycles. The van der Waals surface area contributed by atoms with Crippen LogP contribution in [0.3, 0.4) is 0 Å². The van der Waals surface area contributed by atoms with Gasteiger partial charge in [-0.3, -0.25) is 9.59 Å². The zero-order valence-electron chi connectivity index (χ0n) is 10.3. The number of hydrogen-bond donors (Lipinski definition) is 4. The lowest BCUT2D eigenvalue weighted by Crippen LogP contribution is -2.41. The molecule has 7 nitrogen and oxygen atoms in total. The Morgan fingerprint density at radius 2 is 1.95 bits per heavy atom. The van der Waals surface area contributed by atoms with Crippen LogP contribution in [0.1, 0.15) is 23.2 Å². The first-order valence-corrected chi connectivity index (χ1v) is 6.41. The predicted octanol–water partition coefficient (Wildman–Crippen LogP) is 1.08. The molecule has 0 saturated carbocycles. The number of nitrogen functional groups attached to an aromatic ring is 1. The highest BCUT2D eigenvalue weighted by molar-refractivity contribution is 9.10. The average Bonchev–Trinajstić information content (AvgIpc) is 2.33. The normalized spacial score (nSPS) is 11.7. The van der Waals surface area contributed by atoms with Gasteiger partial charge in [-0.2, -0.15) is 0 Å². The zero-order chi connectivity index (χ0) is 15.3. The van der Waals surface area contributed by atoms with E-state index in [1.165, 1.54) is 12.1 Å². The number of nitrogens with one attached hydrogen (secondary N) is 1. The molecular weight excluding hydrogens is 332 g/mol. The molecule has 0 radical (unpaired) electrons. The molecule has 0 aliphatic rings. The van der Waals surface area contributed by atoms with Crippen LogP contribution in [0.15, 0.2) is 22.7 Å². The number of hydrogen-bond acceptors (Lipinski definition) is 4. The molecule has 0 spiro atoms. The molecular formula is C12H13BrN2O5. The van der Waals surface area contributed by atoms with Gasteiger partial charge in [0.1, 0.15) is 6.04 Å². The van der Waals surface area contributed by atoms with Crippen molar-refractivity contribution in [1.29, 1.82) is 0 Å². The summed E-state index contributed by atoms with van der Waals surface area (Å²) in [5, 5.41) is 19.7. The van der Waals surface area contributed by atoms with Crippen molar-refractivity contribution in [3.8, 4) is 0 Å². The van der Waals surface area contributed by atoms with Gasteiger partial charge in [-0.05, 0) is 24.6 Å². The van der Waals surface area contributed by atoms with E-state index in [2.05, 4.69) is 21.2 Å². The highest BCUT2D eigenvalue weighted by Gasteiger charge is 2.22. The number of carboxylic acid groups (broad SMARTS) is 2. The molecule has 20 heavy (non-hydrogen) atoms. The second-order valence-corrected chi connectivity index (χ2v) is 4.94. The summed E-state index contributed by atoms with van der Waals surface area (Å²) in [7, 11) is 0.